The van der Waals surface area contributed by atoms with Crippen molar-refractivity contribution >= 4 is 47.8 Å². The molecule has 461 valence electrons. The number of nitrogens with two attached hydrogens (primary N) is 2. The van der Waals surface area contributed by atoms with E-state index in [1.165, 1.54) is 0 Å². The second-order valence-corrected chi connectivity index (χ2v) is 20.0. The molecule has 0 spiro atoms. The Hall–Kier alpha value is -11.5. The Bertz CT molecular complexity index is 3380. The van der Waals surface area contributed by atoms with E-state index in [9.17, 15) is 38.4 Å². The minimum atomic E-state index is -1.19. The standard InChI is InChI=1S/4C15H12N2O2.2C5H7NO.Cu/c4*18-13-15(17-14(19)16-13,11-7-3-1-4-8-11)12-9-5-2-6-10-12;2*6-4-5-2-1-3-7-5;/h4*1-10H,(H2,16,17,18,19);2*1-3H,4,6H2;/q;;;;;;+2/p-2. The maximum Gasteiger partial charge on any atom is 2.00 e. The van der Waals surface area contributed by atoms with Crippen LogP contribution < -0.4 is 43.4 Å². The van der Waals surface area contributed by atoms with Crippen LogP contribution in [0.25, 0.3) is 10.6 Å². The van der Waals surface area contributed by atoms with Gasteiger partial charge in [0.1, 0.15) is 11.5 Å². The van der Waals surface area contributed by atoms with Crippen molar-refractivity contribution in [2.24, 2.45) is 11.5 Å². The van der Waals surface area contributed by atoms with E-state index in [4.69, 9.17) is 20.3 Å². The van der Waals surface area contributed by atoms with Gasteiger partial charge in [-0.25, -0.2) is 9.59 Å². The van der Waals surface area contributed by atoms with Crippen molar-refractivity contribution in [1.29, 1.82) is 0 Å². The fraction of sp³-hybridized carbons (Fsp3) is 0.0857. The van der Waals surface area contributed by atoms with Gasteiger partial charge in [-0.2, -0.15) is 0 Å². The number of nitrogens with one attached hydrogen (secondary N) is 6. The Morgan fingerprint density at radius 1 is 0.297 bits per heavy atom. The van der Waals surface area contributed by atoms with Gasteiger partial charge in [0.05, 0.1) is 36.7 Å². The molecule has 4 aliphatic heterocycles. The Morgan fingerprint density at radius 3 is 0.659 bits per heavy atom. The number of amides is 12. The zero-order chi connectivity index (χ0) is 63.4. The summed E-state index contributed by atoms with van der Waals surface area (Å²) in [5, 5.41) is 22.5. The van der Waals surface area contributed by atoms with Gasteiger partial charge in [-0.1, -0.05) is 243 Å². The molecule has 21 heteroatoms. The van der Waals surface area contributed by atoms with Crippen LogP contribution in [0.4, 0.5) is 19.2 Å². The maximum absolute atomic E-state index is 12.3. The van der Waals surface area contributed by atoms with Gasteiger partial charge in [0, 0.05) is 0 Å². The molecule has 0 bridgehead atoms. The smallest absolute Gasteiger partial charge is 0.468 e. The molecule has 4 fully saturated rings. The summed E-state index contributed by atoms with van der Waals surface area (Å²) in [4.78, 5) is 95.3. The van der Waals surface area contributed by atoms with Crippen LogP contribution in [0.2, 0.25) is 0 Å². The maximum atomic E-state index is 12.3. The second kappa shape index (κ2) is 30.4. The van der Waals surface area contributed by atoms with Crippen LogP contribution in [0.15, 0.2) is 288 Å². The summed E-state index contributed by atoms with van der Waals surface area (Å²) in [7, 11) is 0. The summed E-state index contributed by atoms with van der Waals surface area (Å²) < 4.78 is 9.72. The van der Waals surface area contributed by atoms with Crippen LogP contribution in [0.5, 0.6) is 0 Å². The summed E-state index contributed by atoms with van der Waals surface area (Å²) in [6, 6.07) is 78.7. The fourth-order valence-electron chi connectivity index (χ4n) is 10.4. The molecular weight excluding hydrogens is 1200 g/mol. The number of urea groups is 4. The first-order valence-corrected chi connectivity index (χ1v) is 28.1. The molecule has 20 nitrogen and oxygen atoms in total. The van der Waals surface area contributed by atoms with Gasteiger partial charge in [-0.05, 0) is 68.8 Å². The first-order chi connectivity index (χ1) is 43.8. The van der Waals surface area contributed by atoms with E-state index in [2.05, 4.69) is 42.5 Å². The Balaban J connectivity index is 0.000000145. The molecular formula is C70H60CuN10O10. The minimum Gasteiger partial charge on any atom is -0.468 e. The number of rotatable bonds is 10. The molecule has 4 aliphatic rings. The summed E-state index contributed by atoms with van der Waals surface area (Å²) in [5.41, 5.74) is 11.5. The first kappa shape index (κ1) is 65.5. The number of hydrogen-bond donors (Lipinski definition) is 8. The molecule has 12 amide bonds. The van der Waals surface area contributed by atoms with Gasteiger partial charge in [-0.3, -0.25) is 39.4 Å². The summed E-state index contributed by atoms with van der Waals surface area (Å²) >= 11 is 0. The van der Waals surface area contributed by atoms with Crippen LogP contribution in [0, 0.1) is 0 Å². The first-order valence-electron chi connectivity index (χ1n) is 28.1. The van der Waals surface area contributed by atoms with Gasteiger partial charge in [-0.15, -0.1) is 0 Å². The molecule has 10 aromatic rings. The molecule has 4 saturated heterocycles. The van der Waals surface area contributed by atoms with E-state index in [1.54, 1.807) is 12.5 Å². The Labute approximate surface area is 534 Å². The third-order valence-corrected chi connectivity index (χ3v) is 14.6. The van der Waals surface area contributed by atoms with Crippen LogP contribution in [-0.4, -0.2) is 47.8 Å². The Morgan fingerprint density at radius 2 is 0.516 bits per heavy atom. The predicted octanol–water partition coefficient (Wildman–Crippen LogP) is 10.1. The van der Waals surface area contributed by atoms with Gasteiger partial charge in [0.25, 0.3) is 11.8 Å². The van der Waals surface area contributed by atoms with Gasteiger partial charge >= 0.3 is 29.1 Å². The number of nitrogens with zero attached hydrogens (tertiary/aromatic N) is 2. The van der Waals surface area contributed by atoms with Crippen molar-refractivity contribution in [3.8, 4) is 0 Å². The zero-order valence-electron chi connectivity index (χ0n) is 48.4. The normalized spacial score (nSPS) is 15.5. The summed E-state index contributed by atoms with van der Waals surface area (Å²) in [6.45, 7) is 0.986. The molecule has 6 heterocycles. The fourth-order valence-corrected chi connectivity index (χ4v) is 10.4. The topological polar surface area (TPSA) is 315 Å². The number of hydrogen-bond acceptors (Lipinski definition) is 12. The SMILES string of the molecule is NCc1ccco1.NCc1ccco1.O=C1NC(=O)C(c2ccccc2)(c2ccccc2)N1.O=C1NC(=O)C(c2ccccc2)(c2ccccc2)N1.O=C1[N-]C(=O)C(c2ccccc2)(c2ccccc2)N1.O=C1[N-]C(=O)C(c2ccccc2)(c2ccccc2)N1.[Cu+2]. The molecule has 0 unspecified atom stereocenters. The van der Waals surface area contributed by atoms with Gasteiger partial charge in [0.15, 0.2) is 35.0 Å². The molecule has 0 saturated carbocycles. The van der Waals surface area contributed by atoms with Crippen molar-refractivity contribution in [2.75, 3.05) is 0 Å². The summed E-state index contributed by atoms with van der Waals surface area (Å²) in [5.74, 6) is 0.00889. The number of carbonyl (C=O) groups excluding carboxylic acids is 8. The average Bonchev–Trinajstić information content (AvgIpc) is 1.78. The van der Waals surface area contributed by atoms with Crippen molar-refractivity contribution in [2.45, 2.75) is 35.2 Å². The Kier molecular flexibility index (Phi) is 21.9. The minimum absolute atomic E-state index is 0. The molecule has 1 radical (unpaired) electrons. The summed E-state index contributed by atoms with van der Waals surface area (Å²) in [6.07, 6.45) is 3.23. The number of furan rings is 2. The van der Waals surface area contributed by atoms with Crippen LogP contribution in [0.3, 0.4) is 0 Å². The molecule has 0 atom stereocenters. The molecule has 91 heavy (non-hydrogen) atoms. The van der Waals surface area contributed by atoms with Gasteiger partial charge in [0.2, 0.25) is 0 Å². The molecule has 0 aliphatic carbocycles. The zero-order valence-corrected chi connectivity index (χ0v) is 49.3. The molecule has 8 aromatic carbocycles. The van der Waals surface area contributed by atoms with E-state index >= 15 is 0 Å². The van der Waals surface area contributed by atoms with Crippen LogP contribution in [0.1, 0.15) is 56.0 Å². The number of benzene rings is 8. The monoisotopic (exact) mass is 1260 g/mol. The van der Waals surface area contributed by atoms with E-state index in [0.717, 1.165) is 33.8 Å². The van der Waals surface area contributed by atoms with Crippen molar-refractivity contribution < 1.29 is 64.3 Å². The predicted molar refractivity (Wildman–Crippen MR) is 335 cm³/mol. The average molecular weight is 1260 g/mol. The van der Waals surface area contributed by atoms with E-state index in [1.807, 2.05) is 267 Å². The molecule has 2 aromatic heterocycles. The third kappa shape index (κ3) is 14.4. The van der Waals surface area contributed by atoms with E-state index < -0.39 is 58.1 Å². The number of carbonyl (C=O) groups is 8. The van der Waals surface area contributed by atoms with Crippen molar-refractivity contribution in [3.63, 3.8) is 0 Å². The van der Waals surface area contributed by atoms with Gasteiger partial charge < -0.3 is 52.2 Å². The van der Waals surface area contributed by atoms with Crippen LogP contribution in [-0.2, 0) is 71.5 Å². The molecule has 10 N–H and O–H groups in total. The largest absolute Gasteiger partial charge is 2.00 e. The van der Waals surface area contributed by atoms with Crippen LogP contribution >= 0.6 is 0 Å². The van der Waals surface area contributed by atoms with E-state index in [-0.39, 0.29) is 28.9 Å². The second-order valence-electron chi connectivity index (χ2n) is 20.0. The quantitative estimate of drug-likeness (QED) is 0.0468. The molecule has 14 rings (SSSR count). The van der Waals surface area contributed by atoms with E-state index in [0.29, 0.717) is 35.3 Å². The van der Waals surface area contributed by atoms with Crippen molar-refractivity contribution in [1.82, 2.24) is 31.9 Å². The third-order valence-electron chi connectivity index (χ3n) is 14.6. The van der Waals surface area contributed by atoms with Crippen molar-refractivity contribution in [3.05, 3.63) is 346 Å². The number of imide groups is 4.